The third-order valence-electron chi connectivity index (χ3n) is 4.03. The molecule has 0 unspecified atom stereocenters. The third-order valence-corrected chi connectivity index (χ3v) is 7.66. The molecule has 0 aliphatic carbocycles. The van der Waals surface area contributed by atoms with Crippen molar-refractivity contribution in [2.24, 2.45) is 0 Å². The minimum Gasteiger partial charge on any atom is -0.331 e. The van der Waals surface area contributed by atoms with Crippen LogP contribution in [0.3, 0.4) is 0 Å². The fourth-order valence-electron chi connectivity index (χ4n) is 2.55. The van der Waals surface area contributed by atoms with Crippen molar-refractivity contribution in [3.63, 3.8) is 0 Å². The number of hydrogen-bond donors (Lipinski definition) is 0. The lowest BCUT2D eigenvalue weighted by Crippen LogP contribution is -2.36. The van der Waals surface area contributed by atoms with Crippen LogP contribution in [-0.4, -0.2) is 92.7 Å². The Labute approximate surface area is 159 Å². The van der Waals surface area contributed by atoms with Crippen LogP contribution in [-0.2, 0) is 19.7 Å². The minimum atomic E-state index is -3.39. The summed E-state index contributed by atoms with van der Waals surface area (Å²) in [7, 11) is 5.33. The molecule has 0 heterocycles. The van der Waals surface area contributed by atoms with Gasteiger partial charge in [-0.1, -0.05) is 0 Å². The minimum absolute atomic E-state index is 0.0676. The predicted octanol–water partition coefficient (Wildman–Crippen LogP) is 1.43. The van der Waals surface area contributed by atoms with E-state index in [-0.39, 0.29) is 21.3 Å². The number of rotatable bonds is 10. The predicted molar refractivity (Wildman–Crippen MR) is 106 cm³/mol. The van der Waals surface area contributed by atoms with Crippen LogP contribution in [0, 0.1) is 0 Å². The molecule has 0 bridgehead atoms. The molecule has 0 saturated carbocycles. The molecule has 26 heavy (non-hydrogen) atoms. The van der Waals surface area contributed by atoms with Crippen LogP contribution in [0.1, 0.15) is 12.8 Å². The maximum absolute atomic E-state index is 12.4. The molecule has 0 radical (unpaired) electrons. The number of benzene rings is 1. The van der Waals surface area contributed by atoms with Gasteiger partial charge in [-0.15, -0.1) is 0 Å². The van der Waals surface area contributed by atoms with Gasteiger partial charge in [0, 0.05) is 12.8 Å². The highest BCUT2D eigenvalue weighted by atomic mass is 32.2. The van der Waals surface area contributed by atoms with Gasteiger partial charge in [-0.25, -0.2) is 16.8 Å². The van der Waals surface area contributed by atoms with Crippen LogP contribution in [0.2, 0.25) is 0 Å². The van der Waals surface area contributed by atoms with Gasteiger partial charge in [-0.2, -0.15) is 0 Å². The molecule has 1 aromatic rings. The van der Waals surface area contributed by atoms with Crippen LogP contribution < -0.4 is 0 Å². The first-order valence-corrected chi connectivity index (χ1v) is 12.1. The van der Waals surface area contributed by atoms with E-state index in [1.165, 1.54) is 24.3 Å². The average molecular weight is 407 g/mol. The van der Waals surface area contributed by atoms with Crippen LogP contribution in [0.15, 0.2) is 34.1 Å². The largest absolute Gasteiger partial charge is 0.331 e. The van der Waals surface area contributed by atoms with E-state index >= 15 is 0 Å². The van der Waals surface area contributed by atoms with Crippen molar-refractivity contribution in [1.29, 1.82) is 0 Å². The highest BCUT2D eigenvalue weighted by Gasteiger charge is 2.20. The van der Waals surface area contributed by atoms with Crippen molar-refractivity contribution in [3.8, 4) is 0 Å². The fraction of sp³-hybridized carbons (Fsp3) is 0.667. The van der Waals surface area contributed by atoms with Crippen molar-refractivity contribution in [3.05, 3.63) is 24.3 Å². The van der Waals surface area contributed by atoms with E-state index < -0.39 is 19.7 Å². The van der Waals surface area contributed by atoms with E-state index in [9.17, 15) is 16.8 Å². The van der Waals surface area contributed by atoms with Crippen LogP contribution in [0.4, 0.5) is 0 Å². The molecule has 0 saturated heterocycles. The lowest BCUT2D eigenvalue weighted by Gasteiger charge is -2.23. The number of hydrogen-bond acceptors (Lipinski definition) is 4. The van der Waals surface area contributed by atoms with Gasteiger partial charge in [-0.05, 0) is 24.3 Å². The number of sulfone groups is 2. The first-order valence-electron chi connectivity index (χ1n) is 8.79. The molecular weight excluding hydrogens is 372 g/mol. The van der Waals surface area contributed by atoms with Gasteiger partial charge < -0.3 is 8.97 Å². The molecule has 0 N–H and O–H groups in total. The summed E-state index contributed by atoms with van der Waals surface area (Å²) >= 11 is 0. The Hall–Kier alpha value is -0.960. The van der Waals surface area contributed by atoms with Crippen molar-refractivity contribution in [2.75, 3.05) is 66.9 Å². The molecule has 0 aliphatic rings. The van der Waals surface area contributed by atoms with E-state index in [0.29, 0.717) is 21.8 Å². The van der Waals surface area contributed by atoms with Crippen LogP contribution in [0.5, 0.6) is 0 Å². The van der Waals surface area contributed by atoms with Gasteiger partial charge in [0.1, 0.15) is 0 Å². The van der Waals surface area contributed by atoms with Crippen LogP contribution in [0.25, 0.3) is 0 Å². The summed E-state index contributed by atoms with van der Waals surface area (Å²) in [5.74, 6) is 0.135. The molecule has 150 valence electrons. The van der Waals surface area contributed by atoms with Crippen molar-refractivity contribution < 1.29 is 25.8 Å². The first kappa shape index (κ1) is 23.1. The molecule has 6 nitrogen and oxygen atoms in total. The van der Waals surface area contributed by atoms with Crippen LogP contribution >= 0.6 is 0 Å². The number of nitrogens with zero attached hydrogens (tertiary/aromatic N) is 2. The topological polar surface area (TPSA) is 68.3 Å². The summed E-state index contributed by atoms with van der Waals surface area (Å²) < 4.78 is 51.0. The fourth-order valence-corrected chi connectivity index (χ4v) is 5.14. The second kappa shape index (κ2) is 8.37. The van der Waals surface area contributed by atoms with E-state index in [2.05, 4.69) is 0 Å². The van der Waals surface area contributed by atoms with E-state index in [1.54, 1.807) is 0 Å². The Morgan fingerprint density at radius 1 is 0.615 bits per heavy atom. The highest BCUT2D eigenvalue weighted by molar-refractivity contribution is 7.91. The molecule has 0 aliphatic heterocycles. The highest BCUT2D eigenvalue weighted by Crippen LogP contribution is 2.18. The second-order valence-corrected chi connectivity index (χ2v) is 13.1. The monoisotopic (exact) mass is 406 g/mol. The molecule has 0 atom stereocenters. The van der Waals surface area contributed by atoms with Crippen molar-refractivity contribution >= 4 is 19.7 Å². The van der Waals surface area contributed by atoms with E-state index in [0.717, 1.165) is 13.1 Å². The Kier molecular flexibility index (Phi) is 7.43. The van der Waals surface area contributed by atoms with Crippen molar-refractivity contribution in [1.82, 2.24) is 0 Å². The zero-order valence-electron chi connectivity index (χ0n) is 16.9. The molecule has 1 rings (SSSR count). The summed E-state index contributed by atoms with van der Waals surface area (Å²) in [6.07, 6.45) is 1.13. The normalized spacial score (nSPS) is 13.8. The van der Waals surface area contributed by atoms with Gasteiger partial charge in [-0.3, -0.25) is 0 Å². The molecule has 1 aromatic carbocycles. The third kappa shape index (κ3) is 8.16. The lowest BCUT2D eigenvalue weighted by molar-refractivity contribution is -0.870. The van der Waals surface area contributed by atoms with Gasteiger partial charge in [0.15, 0.2) is 19.7 Å². The van der Waals surface area contributed by atoms with E-state index in [4.69, 9.17) is 0 Å². The molecule has 0 amide bonds. The number of quaternary nitrogens is 2. The Balaban J connectivity index is 2.78. The zero-order valence-corrected chi connectivity index (χ0v) is 18.5. The summed E-state index contributed by atoms with van der Waals surface area (Å²) in [4.78, 5) is 0.369. The maximum Gasteiger partial charge on any atom is 0.178 e. The smallest absolute Gasteiger partial charge is 0.178 e. The second-order valence-electron chi connectivity index (χ2n) is 8.84. The zero-order chi connectivity index (χ0) is 20.2. The molecule has 0 aromatic heterocycles. The molecular formula is C18H34N2O4S2+2. The molecule has 8 heteroatoms. The SMILES string of the molecule is C[N+](C)(C)CCCS(=O)(=O)c1ccc(S(=O)(=O)CCC[N+](C)(C)C)cc1. The summed E-state index contributed by atoms with van der Waals surface area (Å²) in [6.45, 7) is 1.52. The average Bonchev–Trinajstić information content (AvgIpc) is 2.44. The first-order chi connectivity index (χ1) is 11.6. The Morgan fingerprint density at radius 2 is 0.885 bits per heavy atom. The summed E-state index contributed by atoms with van der Waals surface area (Å²) in [5.41, 5.74) is 0. The standard InChI is InChI=1S/C18H34N2O4S2/c1-19(2,3)13-7-15-25(21,22)17-9-11-18(12-10-17)26(23,24)16-8-14-20(4,5)6/h9-12H,7-8,13-16H2,1-6H3/q+2. The summed E-state index contributed by atoms with van der Waals surface area (Å²) in [5, 5.41) is 0. The Morgan fingerprint density at radius 3 is 1.12 bits per heavy atom. The van der Waals surface area contributed by atoms with Gasteiger partial charge in [0.05, 0.1) is 76.7 Å². The summed E-state index contributed by atoms with van der Waals surface area (Å²) in [6, 6.07) is 5.64. The molecule has 0 spiro atoms. The van der Waals surface area contributed by atoms with Gasteiger partial charge in [0.2, 0.25) is 0 Å². The lowest BCUT2D eigenvalue weighted by atomic mass is 10.4. The van der Waals surface area contributed by atoms with Gasteiger partial charge in [0.25, 0.3) is 0 Å². The van der Waals surface area contributed by atoms with Crippen molar-refractivity contribution in [2.45, 2.75) is 22.6 Å². The van der Waals surface area contributed by atoms with E-state index in [1.807, 2.05) is 42.3 Å². The molecule has 0 fully saturated rings. The quantitative estimate of drug-likeness (QED) is 0.551. The maximum atomic E-state index is 12.4. The Bertz CT molecular complexity index is 716. The van der Waals surface area contributed by atoms with Gasteiger partial charge >= 0.3 is 0 Å².